The van der Waals surface area contributed by atoms with Gasteiger partial charge in [-0.3, -0.25) is 14.2 Å². The van der Waals surface area contributed by atoms with Crippen LogP contribution in [0.25, 0.3) is 16.7 Å². The van der Waals surface area contributed by atoms with Gasteiger partial charge in [0.2, 0.25) is 5.91 Å². The first kappa shape index (κ1) is 19.6. The summed E-state index contributed by atoms with van der Waals surface area (Å²) in [5, 5.41) is 8.54. The van der Waals surface area contributed by atoms with Gasteiger partial charge in [-0.25, -0.2) is 4.68 Å². The highest BCUT2D eigenvalue weighted by Crippen LogP contribution is 2.27. The molecule has 1 N–H and O–H groups in total. The van der Waals surface area contributed by atoms with Crippen molar-refractivity contribution in [3.63, 3.8) is 0 Å². The molecule has 2 aromatic carbocycles. The van der Waals surface area contributed by atoms with Gasteiger partial charge in [-0.15, -0.1) is 0 Å². The maximum Gasteiger partial charge on any atom is 0.253 e. The number of amides is 1. The highest BCUT2D eigenvalue weighted by Gasteiger charge is 2.26. The van der Waals surface area contributed by atoms with Gasteiger partial charge in [0.05, 0.1) is 11.4 Å². The maximum atomic E-state index is 13.2. The third kappa shape index (κ3) is 3.41. The Labute approximate surface area is 174 Å². The van der Waals surface area contributed by atoms with E-state index in [1.54, 1.807) is 15.3 Å². The van der Waals surface area contributed by atoms with E-state index in [0.29, 0.717) is 17.8 Å². The van der Waals surface area contributed by atoms with Crippen molar-refractivity contribution in [2.75, 3.05) is 5.32 Å². The summed E-state index contributed by atoms with van der Waals surface area (Å²) >= 11 is 0. The Balaban J connectivity index is 1.93. The van der Waals surface area contributed by atoms with Crippen LogP contribution in [0, 0.1) is 13.8 Å². The predicted molar refractivity (Wildman–Crippen MR) is 119 cm³/mol. The molecule has 0 radical (unpaired) electrons. The number of aromatic nitrogens is 3. The Kier molecular flexibility index (Phi) is 5.23. The Hall–Kier alpha value is -3.67. The number of para-hydroxylation sites is 2. The molecule has 2 aromatic heterocycles. The molecule has 1 amide bonds. The van der Waals surface area contributed by atoms with Crippen molar-refractivity contribution in [1.29, 1.82) is 0 Å². The number of rotatable bonds is 5. The molecule has 0 fully saturated rings. The van der Waals surface area contributed by atoms with Crippen LogP contribution in [-0.4, -0.2) is 20.3 Å². The van der Waals surface area contributed by atoms with Crippen LogP contribution in [0.5, 0.6) is 0 Å². The normalized spacial score (nSPS) is 12.1. The lowest BCUT2D eigenvalue weighted by Crippen LogP contribution is -2.34. The van der Waals surface area contributed by atoms with E-state index in [1.807, 2.05) is 81.4 Å². The van der Waals surface area contributed by atoms with Gasteiger partial charge in [0.1, 0.15) is 11.7 Å². The van der Waals surface area contributed by atoms with Gasteiger partial charge in [0.25, 0.3) is 5.56 Å². The number of nitrogens with one attached hydrogen (secondary N) is 1. The number of hydrogen-bond acceptors (Lipinski definition) is 3. The van der Waals surface area contributed by atoms with E-state index in [-0.39, 0.29) is 11.5 Å². The Morgan fingerprint density at radius 2 is 1.67 bits per heavy atom. The molecule has 30 heavy (non-hydrogen) atoms. The summed E-state index contributed by atoms with van der Waals surface area (Å²) in [6, 6.07) is 19.9. The molecule has 0 bridgehead atoms. The number of benzene rings is 2. The van der Waals surface area contributed by atoms with E-state index in [0.717, 1.165) is 22.3 Å². The Bertz CT molecular complexity index is 1260. The SMILES string of the molecule is CCC(C(=O)Nc1ccccc1)n1c(=O)cc(C)c2c(C)nn(-c3ccccc3)c21. The standard InChI is InChI=1S/C24H24N4O2/c1-4-20(23(30)25-18-11-7-5-8-12-18)27-21(29)15-16(2)22-17(3)26-28(24(22)27)19-13-9-6-10-14-19/h5-15,20H,4H2,1-3H3,(H,25,30). The molecule has 4 rings (SSSR count). The molecular formula is C24H24N4O2. The molecule has 1 unspecified atom stereocenters. The molecule has 1 atom stereocenters. The van der Waals surface area contributed by atoms with E-state index in [1.165, 1.54) is 0 Å². The smallest absolute Gasteiger partial charge is 0.253 e. The molecule has 152 valence electrons. The third-order valence-electron chi connectivity index (χ3n) is 5.28. The molecule has 0 aliphatic rings. The molecule has 0 aliphatic carbocycles. The fourth-order valence-corrected chi connectivity index (χ4v) is 3.91. The largest absolute Gasteiger partial charge is 0.324 e. The van der Waals surface area contributed by atoms with Crippen LogP contribution in [0.4, 0.5) is 5.69 Å². The molecule has 6 nitrogen and oxygen atoms in total. The van der Waals surface area contributed by atoms with Crippen LogP contribution in [0.2, 0.25) is 0 Å². The topological polar surface area (TPSA) is 68.9 Å². The van der Waals surface area contributed by atoms with Crippen molar-refractivity contribution in [2.45, 2.75) is 33.2 Å². The van der Waals surface area contributed by atoms with Gasteiger partial charge < -0.3 is 5.32 Å². The quantitative estimate of drug-likeness (QED) is 0.540. The summed E-state index contributed by atoms with van der Waals surface area (Å²) in [5.74, 6) is -0.227. The summed E-state index contributed by atoms with van der Waals surface area (Å²) in [6.45, 7) is 5.74. The number of carbonyl (C=O) groups excluding carboxylic acids is 1. The molecular weight excluding hydrogens is 376 g/mol. The van der Waals surface area contributed by atoms with E-state index in [9.17, 15) is 9.59 Å². The Morgan fingerprint density at radius 1 is 1.03 bits per heavy atom. The first-order chi connectivity index (χ1) is 14.5. The number of aryl methyl sites for hydroxylation is 2. The summed E-state index contributed by atoms with van der Waals surface area (Å²) in [6.07, 6.45) is 0.468. The first-order valence-corrected chi connectivity index (χ1v) is 10.0. The summed E-state index contributed by atoms with van der Waals surface area (Å²) < 4.78 is 3.34. The minimum Gasteiger partial charge on any atom is -0.324 e. The molecule has 0 spiro atoms. The van der Waals surface area contributed by atoms with Crippen molar-refractivity contribution in [3.8, 4) is 5.69 Å². The van der Waals surface area contributed by atoms with Gasteiger partial charge in [-0.2, -0.15) is 5.10 Å². The molecule has 0 saturated carbocycles. The van der Waals surface area contributed by atoms with Crippen LogP contribution >= 0.6 is 0 Å². The van der Waals surface area contributed by atoms with Crippen molar-refractivity contribution in [2.24, 2.45) is 0 Å². The zero-order valence-electron chi connectivity index (χ0n) is 17.3. The second-order valence-corrected chi connectivity index (χ2v) is 7.35. The molecule has 4 aromatic rings. The van der Waals surface area contributed by atoms with Gasteiger partial charge in [-0.1, -0.05) is 43.3 Å². The second kappa shape index (κ2) is 7.99. The fraction of sp³-hybridized carbons (Fsp3) is 0.208. The third-order valence-corrected chi connectivity index (χ3v) is 5.28. The zero-order valence-corrected chi connectivity index (χ0v) is 17.3. The van der Waals surface area contributed by atoms with E-state index in [4.69, 9.17) is 5.10 Å². The van der Waals surface area contributed by atoms with Gasteiger partial charge in [-0.05, 0) is 50.1 Å². The van der Waals surface area contributed by atoms with E-state index >= 15 is 0 Å². The number of carbonyl (C=O) groups is 1. The van der Waals surface area contributed by atoms with Crippen LogP contribution in [0.15, 0.2) is 71.5 Å². The molecule has 2 heterocycles. The highest BCUT2D eigenvalue weighted by molar-refractivity contribution is 5.95. The highest BCUT2D eigenvalue weighted by atomic mass is 16.2. The van der Waals surface area contributed by atoms with Crippen molar-refractivity contribution in [1.82, 2.24) is 14.3 Å². The number of pyridine rings is 1. The minimum absolute atomic E-state index is 0.216. The monoisotopic (exact) mass is 400 g/mol. The molecule has 0 aliphatic heterocycles. The van der Waals surface area contributed by atoms with E-state index in [2.05, 4.69) is 5.32 Å². The average Bonchev–Trinajstić information content (AvgIpc) is 3.09. The van der Waals surface area contributed by atoms with Crippen LogP contribution < -0.4 is 10.9 Å². The summed E-state index contributed by atoms with van der Waals surface area (Å²) in [7, 11) is 0. The number of fused-ring (bicyclic) bond motifs is 1. The molecule has 6 heteroatoms. The van der Waals surface area contributed by atoms with Gasteiger partial charge >= 0.3 is 0 Å². The summed E-state index contributed by atoms with van der Waals surface area (Å²) in [5.41, 5.74) is 3.63. The minimum atomic E-state index is -0.667. The lowest BCUT2D eigenvalue weighted by atomic mass is 10.1. The number of hydrogen-bond donors (Lipinski definition) is 1. The van der Waals surface area contributed by atoms with Gasteiger partial charge in [0.15, 0.2) is 0 Å². The first-order valence-electron chi connectivity index (χ1n) is 10.0. The Morgan fingerprint density at radius 3 is 2.30 bits per heavy atom. The van der Waals surface area contributed by atoms with E-state index < -0.39 is 6.04 Å². The van der Waals surface area contributed by atoms with Crippen molar-refractivity contribution >= 4 is 22.6 Å². The zero-order chi connectivity index (χ0) is 21.3. The maximum absolute atomic E-state index is 13.2. The number of nitrogens with zero attached hydrogens (tertiary/aromatic N) is 3. The second-order valence-electron chi connectivity index (χ2n) is 7.35. The molecule has 0 saturated heterocycles. The predicted octanol–water partition coefficient (Wildman–Crippen LogP) is 4.39. The van der Waals surface area contributed by atoms with Crippen LogP contribution in [-0.2, 0) is 4.79 Å². The van der Waals surface area contributed by atoms with Gasteiger partial charge in [0, 0.05) is 17.1 Å². The lowest BCUT2D eigenvalue weighted by molar-refractivity contribution is -0.119. The van der Waals surface area contributed by atoms with Crippen molar-refractivity contribution in [3.05, 3.63) is 88.3 Å². The van der Waals surface area contributed by atoms with Crippen LogP contribution in [0.3, 0.4) is 0 Å². The lowest BCUT2D eigenvalue weighted by Gasteiger charge is -2.21. The summed E-state index contributed by atoms with van der Waals surface area (Å²) in [4.78, 5) is 26.3. The van der Waals surface area contributed by atoms with Crippen LogP contribution in [0.1, 0.15) is 30.6 Å². The van der Waals surface area contributed by atoms with Crippen molar-refractivity contribution < 1.29 is 4.79 Å². The average molecular weight is 400 g/mol. The fourth-order valence-electron chi connectivity index (χ4n) is 3.91. The number of anilines is 1.